The zero-order valence-corrected chi connectivity index (χ0v) is 15.1. The zero-order valence-electron chi connectivity index (χ0n) is 13.6. The average Bonchev–Trinajstić information content (AvgIpc) is 2.97. The van der Waals surface area contributed by atoms with Crippen LogP contribution in [0.3, 0.4) is 0 Å². The lowest BCUT2D eigenvalue weighted by Crippen LogP contribution is -2.00. The van der Waals surface area contributed by atoms with Gasteiger partial charge in [0, 0.05) is 10.4 Å². The molecule has 1 aromatic carbocycles. The van der Waals surface area contributed by atoms with Gasteiger partial charge >= 0.3 is 0 Å². The number of nitrogens with zero attached hydrogens (tertiary/aromatic N) is 1. The van der Waals surface area contributed by atoms with E-state index in [2.05, 4.69) is 6.92 Å². The maximum Gasteiger partial charge on any atom is 0.161 e. The summed E-state index contributed by atoms with van der Waals surface area (Å²) in [4.78, 5) is 5.91. The maximum absolute atomic E-state index is 12.4. The van der Waals surface area contributed by atoms with Crippen molar-refractivity contribution in [1.82, 2.24) is 4.98 Å². The Labute approximate surface area is 145 Å². The molecule has 0 radical (unpaired) electrons. The van der Waals surface area contributed by atoms with Crippen molar-refractivity contribution < 1.29 is 13.9 Å². The summed E-state index contributed by atoms with van der Waals surface area (Å²) in [5.41, 5.74) is 1.86. The van der Waals surface area contributed by atoms with Gasteiger partial charge in [0.25, 0.3) is 0 Å². The number of ether oxygens (including phenoxy) is 2. The first-order valence-corrected chi connectivity index (χ1v) is 8.86. The normalized spacial score (nSPS) is 12.2. The molecule has 2 aromatic rings. The molecule has 0 amide bonds. The molecule has 126 valence electrons. The fraction of sp³-hybridized carbons (Fsp3) is 0.471. The van der Waals surface area contributed by atoms with Gasteiger partial charge in [-0.1, -0.05) is 13.3 Å². The minimum Gasteiger partial charge on any atom is -0.493 e. The van der Waals surface area contributed by atoms with Crippen molar-refractivity contribution in [3.8, 4) is 22.1 Å². The molecule has 0 saturated carbocycles. The van der Waals surface area contributed by atoms with Crippen molar-refractivity contribution in [3.63, 3.8) is 0 Å². The van der Waals surface area contributed by atoms with Crippen molar-refractivity contribution >= 4 is 22.9 Å². The molecule has 0 aliphatic heterocycles. The highest BCUT2D eigenvalue weighted by molar-refractivity contribution is 7.15. The number of aromatic nitrogens is 1. The van der Waals surface area contributed by atoms with Crippen LogP contribution in [0, 0.1) is 0 Å². The van der Waals surface area contributed by atoms with Crippen molar-refractivity contribution in [2.75, 3.05) is 20.4 Å². The predicted molar refractivity (Wildman–Crippen MR) is 93.8 cm³/mol. The Balaban J connectivity index is 2.39. The van der Waals surface area contributed by atoms with Crippen LogP contribution in [0.5, 0.6) is 11.5 Å². The van der Waals surface area contributed by atoms with Crippen LogP contribution in [-0.2, 0) is 6.42 Å². The first-order valence-electron chi connectivity index (χ1n) is 7.61. The van der Waals surface area contributed by atoms with Crippen LogP contribution in [0.1, 0.15) is 36.2 Å². The molecule has 23 heavy (non-hydrogen) atoms. The molecule has 1 atom stereocenters. The number of thiazole rings is 1. The number of alkyl halides is 2. The van der Waals surface area contributed by atoms with Crippen LogP contribution in [-0.4, -0.2) is 25.4 Å². The monoisotopic (exact) mass is 357 g/mol. The van der Waals surface area contributed by atoms with Gasteiger partial charge in [0.1, 0.15) is 18.3 Å². The van der Waals surface area contributed by atoms with E-state index in [-0.39, 0.29) is 12.0 Å². The van der Waals surface area contributed by atoms with E-state index in [1.807, 2.05) is 25.1 Å². The fourth-order valence-corrected chi connectivity index (χ4v) is 3.78. The highest BCUT2D eigenvalue weighted by Crippen LogP contribution is 2.37. The third-order valence-electron chi connectivity index (χ3n) is 3.33. The van der Waals surface area contributed by atoms with Crippen LogP contribution < -0.4 is 9.47 Å². The summed E-state index contributed by atoms with van der Waals surface area (Å²) in [7, 11) is 1.56. The van der Waals surface area contributed by atoms with Gasteiger partial charge in [-0.3, -0.25) is 0 Å². The molecule has 1 aromatic heterocycles. The molecule has 1 heterocycles. The highest BCUT2D eigenvalue weighted by atomic mass is 35.5. The molecular weight excluding hydrogens is 337 g/mol. The van der Waals surface area contributed by atoms with Crippen LogP contribution in [0.25, 0.3) is 10.6 Å². The molecule has 2 rings (SSSR count). The molecule has 0 spiro atoms. The SMILES string of the molecule is CCCc1sc(-c2ccc(OC)c(OCCF)c2)nc1C(C)Cl. The second-order valence-corrected chi connectivity index (χ2v) is 6.83. The van der Waals surface area contributed by atoms with Crippen LogP contribution in [0.2, 0.25) is 0 Å². The van der Waals surface area contributed by atoms with Gasteiger partial charge in [-0.15, -0.1) is 22.9 Å². The summed E-state index contributed by atoms with van der Waals surface area (Å²) < 4.78 is 23.1. The quantitative estimate of drug-likeness (QED) is 0.591. The zero-order chi connectivity index (χ0) is 16.8. The van der Waals surface area contributed by atoms with E-state index in [4.69, 9.17) is 26.1 Å². The van der Waals surface area contributed by atoms with Gasteiger partial charge in [0.15, 0.2) is 11.5 Å². The number of benzene rings is 1. The van der Waals surface area contributed by atoms with Crippen molar-refractivity contribution in [1.29, 1.82) is 0 Å². The minimum atomic E-state index is -0.542. The number of hydrogen-bond acceptors (Lipinski definition) is 4. The van der Waals surface area contributed by atoms with E-state index >= 15 is 0 Å². The van der Waals surface area contributed by atoms with Gasteiger partial charge in [0.2, 0.25) is 0 Å². The van der Waals surface area contributed by atoms with E-state index in [1.165, 1.54) is 4.88 Å². The van der Waals surface area contributed by atoms with Gasteiger partial charge in [-0.25, -0.2) is 9.37 Å². The second-order valence-electron chi connectivity index (χ2n) is 5.10. The van der Waals surface area contributed by atoms with Crippen molar-refractivity contribution in [3.05, 3.63) is 28.8 Å². The Morgan fingerprint density at radius 2 is 2.13 bits per heavy atom. The van der Waals surface area contributed by atoms with E-state index in [0.29, 0.717) is 11.5 Å². The van der Waals surface area contributed by atoms with E-state index in [1.54, 1.807) is 18.4 Å². The van der Waals surface area contributed by atoms with Crippen LogP contribution >= 0.6 is 22.9 Å². The summed E-state index contributed by atoms with van der Waals surface area (Å²) in [6.07, 6.45) is 2.01. The lowest BCUT2D eigenvalue weighted by Gasteiger charge is -2.10. The summed E-state index contributed by atoms with van der Waals surface area (Å²) in [6.45, 7) is 3.53. The molecule has 0 bridgehead atoms. The Hall–Kier alpha value is -1.33. The van der Waals surface area contributed by atoms with Gasteiger partial charge < -0.3 is 9.47 Å². The largest absolute Gasteiger partial charge is 0.493 e. The highest BCUT2D eigenvalue weighted by Gasteiger charge is 2.17. The number of methoxy groups -OCH3 is 1. The lowest BCUT2D eigenvalue weighted by atomic mass is 10.2. The first kappa shape index (κ1) is 18.0. The number of aryl methyl sites for hydroxylation is 1. The summed E-state index contributed by atoms with van der Waals surface area (Å²) in [5.74, 6) is 1.11. The molecule has 0 N–H and O–H groups in total. The van der Waals surface area contributed by atoms with E-state index in [9.17, 15) is 4.39 Å². The van der Waals surface area contributed by atoms with E-state index in [0.717, 1.165) is 29.1 Å². The molecule has 3 nitrogen and oxygen atoms in total. The first-order chi connectivity index (χ1) is 11.1. The Morgan fingerprint density at radius 1 is 1.35 bits per heavy atom. The Bertz CT molecular complexity index is 646. The standard InChI is InChI=1S/C17H21ClFNO2S/c1-4-5-15-16(11(2)18)20-17(23-15)12-6-7-13(21-3)14(10-12)22-9-8-19/h6-7,10-11H,4-5,8-9H2,1-3H3. The molecular formula is C17H21ClFNO2S. The smallest absolute Gasteiger partial charge is 0.161 e. The number of halogens is 2. The molecule has 1 unspecified atom stereocenters. The maximum atomic E-state index is 12.4. The average molecular weight is 358 g/mol. The third-order valence-corrected chi connectivity index (χ3v) is 4.71. The predicted octanol–water partition coefficient (Wildman–Crippen LogP) is 5.42. The molecule has 0 aliphatic carbocycles. The van der Waals surface area contributed by atoms with Crippen molar-refractivity contribution in [2.24, 2.45) is 0 Å². The van der Waals surface area contributed by atoms with E-state index < -0.39 is 6.67 Å². The topological polar surface area (TPSA) is 31.4 Å². The summed E-state index contributed by atoms with van der Waals surface area (Å²) in [6, 6.07) is 5.58. The van der Waals surface area contributed by atoms with Gasteiger partial charge in [0.05, 0.1) is 18.2 Å². The Kier molecular flexibility index (Phi) is 6.66. The number of rotatable bonds is 8. The van der Waals surface area contributed by atoms with Gasteiger partial charge in [-0.2, -0.15) is 0 Å². The fourth-order valence-electron chi connectivity index (χ4n) is 2.28. The lowest BCUT2D eigenvalue weighted by molar-refractivity contribution is 0.260. The summed E-state index contributed by atoms with van der Waals surface area (Å²) >= 11 is 7.90. The third kappa shape index (κ3) is 4.36. The molecule has 0 fully saturated rings. The van der Waals surface area contributed by atoms with Crippen LogP contribution in [0.4, 0.5) is 4.39 Å². The van der Waals surface area contributed by atoms with Gasteiger partial charge in [-0.05, 0) is 31.5 Å². The summed E-state index contributed by atoms with van der Waals surface area (Å²) in [5, 5.41) is 0.769. The number of hydrogen-bond donors (Lipinski definition) is 0. The molecule has 0 aliphatic rings. The minimum absolute atomic E-state index is 0.00271. The second kappa shape index (κ2) is 8.50. The molecule has 6 heteroatoms. The Morgan fingerprint density at radius 3 is 2.74 bits per heavy atom. The van der Waals surface area contributed by atoms with Crippen molar-refractivity contribution in [2.45, 2.75) is 32.1 Å². The van der Waals surface area contributed by atoms with Crippen LogP contribution in [0.15, 0.2) is 18.2 Å². The molecule has 0 saturated heterocycles.